The Labute approximate surface area is 240 Å². The van der Waals surface area contributed by atoms with Gasteiger partial charge in [-0.2, -0.15) is 0 Å². The van der Waals surface area contributed by atoms with Crippen molar-refractivity contribution >= 4 is 29.0 Å². The number of methoxy groups -OCH3 is 1. The van der Waals surface area contributed by atoms with Crippen LogP contribution in [0.2, 0.25) is 0 Å². The molecule has 1 fully saturated rings. The number of carbonyl (C=O) groups excluding carboxylic acids is 2. The highest BCUT2D eigenvalue weighted by Gasteiger charge is 2.46. The van der Waals surface area contributed by atoms with Gasteiger partial charge in [0.2, 0.25) is 5.91 Å². The molecule has 1 aliphatic rings. The van der Waals surface area contributed by atoms with E-state index in [0.717, 1.165) is 11.1 Å². The zero-order valence-corrected chi connectivity index (χ0v) is 22.7. The molecule has 42 heavy (non-hydrogen) atoms. The van der Waals surface area contributed by atoms with Crippen LogP contribution in [0, 0.1) is 0 Å². The maximum Gasteiger partial charge on any atom is 0.408 e. The topological polar surface area (TPSA) is 196 Å². The molecule has 0 spiro atoms. The number of ether oxygens (including phenoxy) is 3. The van der Waals surface area contributed by atoms with E-state index in [-0.39, 0.29) is 18.8 Å². The molecule has 2 aromatic carbocycles. The van der Waals surface area contributed by atoms with Crippen molar-refractivity contribution in [2.45, 2.75) is 43.5 Å². The van der Waals surface area contributed by atoms with Gasteiger partial charge < -0.3 is 40.8 Å². The first-order chi connectivity index (χ1) is 20.4. The minimum absolute atomic E-state index is 0.0138. The van der Waals surface area contributed by atoms with E-state index < -0.39 is 49.1 Å². The van der Waals surface area contributed by atoms with Crippen LogP contribution in [0.25, 0.3) is 11.2 Å². The van der Waals surface area contributed by atoms with Crippen LogP contribution in [0.15, 0.2) is 67.3 Å². The van der Waals surface area contributed by atoms with E-state index in [1.54, 1.807) is 31.4 Å². The van der Waals surface area contributed by atoms with Crippen LogP contribution in [0.4, 0.5) is 10.6 Å². The van der Waals surface area contributed by atoms with Gasteiger partial charge in [0.1, 0.15) is 42.5 Å². The lowest BCUT2D eigenvalue weighted by atomic mass is 10.0. The van der Waals surface area contributed by atoms with Crippen LogP contribution in [0.1, 0.15) is 17.4 Å². The van der Waals surface area contributed by atoms with E-state index in [0.29, 0.717) is 16.9 Å². The summed E-state index contributed by atoms with van der Waals surface area (Å²) >= 11 is 0. The molecule has 0 aliphatic carbocycles. The Morgan fingerprint density at radius 3 is 2.57 bits per heavy atom. The molecule has 2 aromatic heterocycles. The average Bonchev–Trinajstić information content (AvgIpc) is 3.58. The van der Waals surface area contributed by atoms with Gasteiger partial charge in [0.15, 0.2) is 17.7 Å². The summed E-state index contributed by atoms with van der Waals surface area (Å²) < 4.78 is 17.9. The Morgan fingerprint density at radius 2 is 1.86 bits per heavy atom. The van der Waals surface area contributed by atoms with Gasteiger partial charge in [0.25, 0.3) is 0 Å². The summed E-state index contributed by atoms with van der Waals surface area (Å²) in [7, 11) is 1.55. The molecule has 14 nitrogen and oxygen atoms in total. The number of nitrogen functional groups attached to an aromatic ring is 1. The number of rotatable bonds is 10. The third kappa shape index (κ3) is 6.25. The van der Waals surface area contributed by atoms with E-state index in [1.165, 1.54) is 17.2 Å². The number of fused-ring (bicyclic) bond motifs is 1. The van der Waals surface area contributed by atoms with Gasteiger partial charge in [-0.3, -0.25) is 9.36 Å². The number of aromatic nitrogens is 4. The number of nitrogens with two attached hydrogens (primary N) is 1. The van der Waals surface area contributed by atoms with Crippen LogP contribution in [0.5, 0.6) is 5.75 Å². The number of alkyl carbamates (subject to hydrolysis) is 1. The quantitative estimate of drug-likeness (QED) is 0.178. The van der Waals surface area contributed by atoms with E-state index in [4.69, 9.17) is 19.9 Å². The Bertz CT molecular complexity index is 1520. The Balaban J connectivity index is 1.32. The van der Waals surface area contributed by atoms with Gasteiger partial charge in [-0.1, -0.05) is 42.5 Å². The lowest BCUT2D eigenvalue weighted by Gasteiger charge is -2.25. The fourth-order valence-corrected chi connectivity index (χ4v) is 4.74. The molecule has 0 bridgehead atoms. The largest absolute Gasteiger partial charge is 0.497 e. The van der Waals surface area contributed by atoms with Gasteiger partial charge in [0.05, 0.1) is 26.1 Å². The van der Waals surface area contributed by atoms with E-state index in [2.05, 4.69) is 25.6 Å². The number of hydrogen-bond donors (Lipinski definition) is 5. The monoisotopic (exact) mass is 577 g/mol. The van der Waals surface area contributed by atoms with E-state index in [9.17, 15) is 19.8 Å². The van der Waals surface area contributed by atoms with Gasteiger partial charge in [0, 0.05) is 6.42 Å². The minimum Gasteiger partial charge on any atom is -0.497 e. The van der Waals surface area contributed by atoms with Gasteiger partial charge in [-0.25, -0.2) is 19.7 Å². The fraction of sp³-hybridized carbons (Fsp3) is 0.321. The highest BCUT2D eigenvalue weighted by molar-refractivity contribution is 5.86. The van der Waals surface area contributed by atoms with Crippen molar-refractivity contribution < 1.29 is 34.0 Å². The number of aliphatic hydroxyl groups excluding tert-OH is 2. The number of aliphatic hydroxyl groups is 2. The fourth-order valence-electron chi connectivity index (χ4n) is 4.74. The zero-order valence-electron chi connectivity index (χ0n) is 22.7. The normalized spacial score (nSPS) is 20.6. The summed E-state index contributed by atoms with van der Waals surface area (Å²) in [4.78, 5) is 38.6. The highest BCUT2D eigenvalue weighted by Crippen LogP contribution is 2.32. The summed E-state index contributed by atoms with van der Waals surface area (Å²) in [5, 5.41) is 26.6. The molecular weight excluding hydrogens is 546 g/mol. The van der Waals surface area contributed by atoms with E-state index in [1.807, 2.05) is 30.3 Å². The molecule has 2 amide bonds. The number of carbonyl (C=O) groups is 2. The van der Waals surface area contributed by atoms with Gasteiger partial charge in [-0.15, -0.1) is 0 Å². The van der Waals surface area contributed by atoms with E-state index >= 15 is 0 Å². The van der Waals surface area contributed by atoms with Crippen LogP contribution < -0.4 is 21.1 Å². The third-order valence-electron chi connectivity index (χ3n) is 6.95. The van der Waals surface area contributed by atoms with Gasteiger partial charge in [-0.05, 0) is 23.3 Å². The molecule has 5 rings (SSSR count). The number of nitrogens with one attached hydrogen (secondary N) is 2. The molecule has 14 heteroatoms. The first-order valence-electron chi connectivity index (χ1n) is 13.2. The number of anilines is 1. The summed E-state index contributed by atoms with van der Waals surface area (Å²) in [5.41, 5.74) is 8.03. The second-order valence-corrected chi connectivity index (χ2v) is 9.67. The summed E-state index contributed by atoms with van der Waals surface area (Å²) in [6, 6.07) is 14.0. The maximum atomic E-state index is 13.6. The zero-order chi connectivity index (χ0) is 29.6. The van der Waals surface area contributed by atoms with Crippen LogP contribution in [-0.2, 0) is 27.3 Å². The lowest BCUT2D eigenvalue weighted by molar-refractivity contribution is -0.124. The van der Waals surface area contributed by atoms with Crippen LogP contribution >= 0.6 is 0 Å². The van der Waals surface area contributed by atoms with Crippen molar-refractivity contribution in [2.24, 2.45) is 0 Å². The SMILES string of the molecule is COc1ccc(C[C@H](NC(=O)OCc2ccccc2)C(=O)N[C@@H]2[C@@H](O)[C@@H](n3cnc4c(N)ncnc43)O[C@H]2CO)cc1. The molecule has 220 valence electrons. The first kappa shape index (κ1) is 28.7. The van der Waals surface area contributed by atoms with Crippen LogP contribution in [-0.4, -0.2) is 79.7 Å². The Kier molecular flexibility index (Phi) is 8.76. The molecule has 5 atom stereocenters. The second kappa shape index (κ2) is 12.8. The molecule has 0 saturated carbocycles. The molecule has 0 unspecified atom stereocenters. The number of amides is 2. The van der Waals surface area contributed by atoms with Crippen molar-refractivity contribution in [3.05, 3.63) is 78.4 Å². The minimum atomic E-state index is -1.31. The number of benzene rings is 2. The molecule has 3 heterocycles. The average molecular weight is 578 g/mol. The second-order valence-electron chi connectivity index (χ2n) is 9.67. The highest BCUT2D eigenvalue weighted by atomic mass is 16.6. The summed E-state index contributed by atoms with van der Waals surface area (Å²) in [6.07, 6.45) is -1.38. The van der Waals surface area contributed by atoms with Crippen molar-refractivity contribution in [1.82, 2.24) is 30.2 Å². The van der Waals surface area contributed by atoms with Crippen molar-refractivity contribution in [2.75, 3.05) is 19.5 Å². The molecule has 6 N–H and O–H groups in total. The summed E-state index contributed by atoms with van der Waals surface area (Å²) in [5.74, 6) is 0.176. The Hall–Kier alpha value is -4.79. The molecule has 1 aliphatic heterocycles. The lowest BCUT2D eigenvalue weighted by Crippen LogP contribution is -2.55. The smallest absolute Gasteiger partial charge is 0.408 e. The van der Waals surface area contributed by atoms with Crippen molar-refractivity contribution in [1.29, 1.82) is 0 Å². The molecular formula is C28H31N7O7. The van der Waals surface area contributed by atoms with Crippen molar-refractivity contribution in [3.63, 3.8) is 0 Å². The number of imidazole rings is 1. The molecule has 0 radical (unpaired) electrons. The number of nitrogens with zero attached hydrogens (tertiary/aromatic N) is 4. The Morgan fingerprint density at radius 1 is 1.10 bits per heavy atom. The van der Waals surface area contributed by atoms with Crippen molar-refractivity contribution in [3.8, 4) is 5.75 Å². The standard InChI is InChI=1S/C28H31N7O7/c1-40-18-9-7-16(8-10-18)11-19(33-28(39)41-13-17-5-3-2-4-6-17)26(38)34-21-20(12-36)42-27(23(21)37)35-15-32-22-24(29)30-14-31-25(22)35/h2-10,14-15,19-21,23,27,36-37H,11-13H2,1H3,(H,33,39)(H,34,38)(H2,29,30,31)/t19-,20-,21-,23+,27-/m0/s1. The van der Waals surface area contributed by atoms with Crippen LogP contribution in [0.3, 0.4) is 0 Å². The first-order valence-corrected chi connectivity index (χ1v) is 13.2. The predicted octanol–water partition coefficient (Wildman–Crippen LogP) is 0.690. The maximum absolute atomic E-state index is 13.6. The molecule has 1 saturated heterocycles. The molecule has 4 aromatic rings. The summed E-state index contributed by atoms with van der Waals surface area (Å²) in [6.45, 7) is -0.488. The predicted molar refractivity (Wildman–Crippen MR) is 149 cm³/mol. The van der Waals surface area contributed by atoms with Gasteiger partial charge >= 0.3 is 6.09 Å². The third-order valence-corrected chi connectivity index (χ3v) is 6.95. The number of hydrogen-bond acceptors (Lipinski definition) is 11.